The van der Waals surface area contributed by atoms with Crippen molar-refractivity contribution >= 4 is 5.69 Å². The molecule has 1 N–H and O–H groups in total. The number of non-ortho nitro benzene ring substituents is 1. The molecule has 0 aromatic heterocycles. The number of benzene rings is 1. The van der Waals surface area contributed by atoms with Gasteiger partial charge in [-0.3, -0.25) is 10.1 Å². The smallest absolute Gasteiger partial charge is 0.270 e. The second-order valence-corrected chi connectivity index (χ2v) is 3.47. The van der Waals surface area contributed by atoms with E-state index in [1.54, 1.807) is 6.07 Å². The van der Waals surface area contributed by atoms with E-state index in [1.165, 1.54) is 6.07 Å². The summed E-state index contributed by atoms with van der Waals surface area (Å²) in [5, 5.41) is 13.6. The summed E-state index contributed by atoms with van der Waals surface area (Å²) in [6.45, 7) is 2.65. The number of rotatable bonds is 3. The maximum atomic E-state index is 10.6. The number of hydrogen-bond donors (Lipinski definition) is 1. The predicted molar refractivity (Wildman–Crippen MR) is 63.3 cm³/mol. The summed E-state index contributed by atoms with van der Waals surface area (Å²) < 4.78 is 0. The summed E-state index contributed by atoms with van der Waals surface area (Å²) in [6, 6.07) is 4.89. The molecule has 0 amide bonds. The summed E-state index contributed by atoms with van der Waals surface area (Å²) in [5.74, 6) is 5.88. The number of hydrogen-bond acceptors (Lipinski definition) is 3. The van der Waals surface area contributed by atoms with E-state index in [4.69, 9.17) is 0 Å². The van der Waals surface area contributed by atoms with E-state index in [9.17, 15) is 10.1 Å². The Balaban J connectivity index is 2.86. The van der Waals surface area contributed by atoms with Crippen molar-refractivity contribution in [1.82, 2.24) is 5.32 Å². The minimum atomic E-state index is -0.397. The van der Waals surface area contributed by atoms with Gasteiger partial charge in [0.05, 0.1) is 4.92 Å². The van der Waals surface area contributed by atoms with Crippen molar-refractivity contribution in [3.8, 4) is 11.8 Å². The largest absolute Gasteiger partial charge is 0.319 e. The molecule has 1 aromatic carbocycles. The third-order valence-corrected chi connectivity index (χ3v) is 2.01. The SMILES string of the molecule is CNCCC#Cc1cc(C)cc([N+](=O)[O-])c1. The van der Waals surface area contributed by atoms with Gasteiger partial charge in [-0.2, -0.15) is 0 Å². The van der Waals surface area contributed by atoms with Crippen LogP contribution in [-0.4, -0.2) is 18.5 Å². The second-order valence-electron chi connectivity index (χ2n) is 3.47. The molecule has 4 heteroatoms. The molecule has 16 heavy (non-hydrogen) atoms. The highest BCUT2D eigenvalue weighted by Crippen LogP contribution is 2.15. The van der Waals surface area contributed by atoms with Gasteiger partial charge in [-0.25, -0.2) is 0 Å². The molecule has 1 rings (SSSR count). The van der Waals surface area contributed by atoms with Gasteiger partial charge in [0.25, 0.3) is 5.69 Å². The lowest BCUT2D eigenvalue weighted by molar-refractivity contribution is -0.384. The first-order valence-electron chi connectivity index (χ1n) is 5.03. The lowest BCUT2D eigenvalue weighted by Crippen LogP contribution is -2.05. The highest BCUT2D eigenvalue weighted by molar-refractivity contribution is 5.46. The molecule has 0 saturated carbocycles. The van der Waals surface area contributed by atoms with Gasteiger partial charge in [0.2, 0.25) is 0 Å². The third kappa shape index (κ3) is 3.71. The van der Waals surface area contributed by atoms with Crippen LogP contribution in [0.5, 0.6) is 0 Å². The van der Waals surface area contributed by atoms with Crippen LogP contribution in [0.15, 0.2) is 18.2 Å². The monoisotopic (exact) mass is 218 g/mol. The maximum Gasteiger partial charge on any atom is 0.270 e. The molecule has 0 radical (unpaired) electrons. The summed E-state index contributed by atoms with van der Waals surface area (Å²) in [7, 11) is 1.86. The van der Waals surface area contributed by atoms with Crippen molar-refractivity contribution in [2.75, 3.05) is 13.6 Å². The maximum absolute atomic E-state index is 10.6. The summed E-state index contributed by atoms with van der Waals surface area (Å²) >= 11 is 0. The normalized spacial score (nSPS) is 9.38. The van der Waals surface area contributed by atoms with Crippen LogP contribution < -0.4 is 5.32 Å². The quantitative estimate of drug-likeness (QED) is 0.364. The highest BCUT2D eigenvalue weighted by atomic mass is 16.6. The predicted octanol–water partition coefficient (Wildman–Crippen LogP) is 1.86. The van der Waals surface area contributed by atoms with E-state index >= 15 is 0 Å². The zero-order valence-electron chi connectivity index (χ0n) is 9.41. The van der Waals surface area contributed by atoms with Crippen molar-refractivity contribution in [3.63, 3.8) is 0 Å². The first-order chi connectivity index (χ1) is 7.63. The molecule has 0 bridgehead atoms. The zero-order chi connectivity index (χ0) is 12.0. The summed E-state index contributed by atoms with van der Waals surface area (Å²) in [4.78, 5) is 10.2. The van der Waals surface area contributed by atoms with Crippen LogP contribution in [0.3, 0.4) is 0 Å². The summed E-state index contributed by atoms with van der Waals surface area (Å²) in [6.07, 6.45) is 0.734. The van der Waals surface area contributed by atoms with E-state index in [0.717, 1.165) is 18.5 Å². The Morgan fingerprint density at radius 1 is 1.44 bits per heavy atom. The molecule has 0 heterocycles. The fourth-order valence-electron chi connectivity index (χ4n) is 1.29. The van der Waals surface area contributed by atoms with Gasteiger partial charge in [0, 0.05) is 30.7 Å². The Morgan fingerprint density at radius 3 is 2.81 bits per heavy atom. The Morgan fingerprint density at radius 2 is 2.19 bits per heavy atom. The molecule has 0 spiro atoms. The van der Waals surface area contributed by atoms with Crippen LogP contribution in [0, 0.1) is 28.9 Å². The number of nitrogens with one attached hydrogen (secondary N) is 1. The van der Waals surface area contributed by atoms with Crippen LogP contribution in [0.2, 0.25) is 0 Å². The van der Waals surface area contributed by atoms with Gasteiger partial charge in [-0.15, -0.1) is 0 Å². The molecule has 0 saturated heterocycles. The first kappa shape index (κ1) is 12.2. The number of nitro groups is 1. The fourth-order valence-corrected chi connectivity index (χ4v) is 1.29. The number of aryl methyl sites for hydroxylation is 1. The van der Waals surface area contributed by atoms with E-state index in [2.05, 4.69) is 17.2 Å². The molecule has 4 nitrogen and oxygen atoms in total. The topological polar surface area (TPSA) is 55.2 Å². The fraction of sp³-hybridized carbons (Fsp3) is 0.333. The number of nitrogens with zero attached hydrogens (tertiary/aromatic N) is 1. The van der Waals surface area contributed by atoms with Crippen LogP contribution in [0.4, 0.5) is 5.69 Å². The van der Waals surface area contributed by atoms with Crippen LogP contribution in [0.25, 0.3) is 0 Å². The van der Waals surface area contributed by atoms with Crippen molar-refractivity contribution in [2.24, 2.45) is 0 Å². The molecular weight excluding hydrogens is 204 g/mol. The van der Waals surface area contributed by atoms with Gasteiger partial charge in [0.1, 0.15) is 0 Å². The minimum absolute atomic E-state index is 0.0953. The molecule has 84 valence electrons. The van der Waals surface area contributed by atoms with Crippen molar-refractivity contribution in [3.05, 3.63) is 39.4 Å². The van der Waals surface area contributed by atoms with Gasteiger partial charge in [-0.05, 0) is 25.6 Å². The van der Waals surface area contributed by atoms with Crippen LogP contribution >= 0.6 is 0 Å². The first-order valence-corrected chi connectivity index (χ1v) is 5.03. The molecule has 0 aliphatic heterocycles. The average molecular weight is 218 g/mol. The Hall–Kier alpha value is -1.86. The lowest BCUT2D eigenvalue weighted by atomic mass is 10.1. The third-order valence-electron chi connectivity index (χ3n) is 2.01. The highest BCUT2D eigenvalue weighted by Gasteiger charge is 2.06. The Labute approximate surface area is 94.8 Å². The molecule has 0 fully saturated rings. The van der Waals surface area contributed by atoms with Crippen molar-refractivity contribution in [1.29, 1.82) is 0 Å². The number of nitro benzene ring substituents is 1. The molecule has 0 atom stereocenters. The molecule has 0 aliphatic carbocycles. The average Bonchev–Trinajstić information content (AvgIpc) is 2.23. The standard InChI is InChI=1S/C12H14N2O2/c1-10-7-11(5-3-4-6-13-2)9-12(8-10)14(15)16/h7-9,13H,4,6H2,1-2H3. The van der Waals surface area contributed by atoms with E-state index < -0.39 is 4.92 Å². The van der Waals surface area contributed by atoms with Gasteiger partial charge in [0.15, 0.2) is 0 Å². The van der Waals surface area contributed by atoms with Gasteiger partial charge in [-0.1, -0.05) is 11.8 Å². The Bertz CT molecular complexity index is 444. The minimum Gasteiger partial charge on any atom is -0.319 e. The van der Waals surface area contributed by atoms with Crippen molar-refractivity contribution < 1.29 is 4.92 Å². The van der Waals surface area contributed by atoms with E-state index in [-0.39, 0.29) is 5.69 Å². The zero-order valence-corrected chi connectivity index (χ0v) is 9.41. The van der Waals surface area contributed by atoms with Gasteiger partial charge < -0.3 is 5.32 Å². The molecular formula is C12H14N2O2. The Kier molecular flexibility index (Phi) is 4.49. The molecule has 0 aliphatic rings. The van der Waals surface area contributed by atoms with Crippen LogP contribution in [-0.2, 0) is 0 Å². The molecule has 1 aromatic rings. The van der Waals surface area contributed by atoms with Crippen LogP contribution in [0.1, 0.15) is 17.5 Å². The molecule has 0 unspecified atom stereocenters. The van der Waals surface area contributed by atoms with E-state index in [0.29, 0.717) is 5.56 Å². The van der Waals surface area contributed by atoms with E-state index in [1.807, 2.05) is 20.0 Å². The van der Waals surface area contributed by atoms with Gasteiger partial charge >= 0.3 is 0 Å². The second kappa shape index (κ2) is 5.89. The lowest BCUT2D eigenvalue weighted by Gasteiger charge is -1.96. The summed E-state index contributed by atoms with van der Waals surface area (Å²) in [5.41, 5.74) is 1.65. The van der Waals surface area contributed by atoms with Crippen molar-refractivity contribution in [2.45, 2.75) is 13.3 Å².